The molecule has 0 aliphatic carbocycles. The zero-order valence-corrected chi connectivity index (χ0v) is 18.5. The number of nitrogens with zero attached hydrogens (tertiary/aromatic N) is 2. The van der Waals surface area contributed by atoms with Crippen LogP contribution in [0.25, 0.3) is 0 Å². The molecule has 2 amide bonds. The van der Waals surface area contributed by atoms with E-state index < -0.39 is 35.4 Å². The zero-order valence-electron chi connectivity index (χ0n) is 18.5. The lowest BCUT2D eigenvalue weighted by molar-refractivity contribution is -0.274. The van der Waals surface area contributed by atoms with Gasteiger partial charge in [0.2, 0.25) is 17.8 Å². The Kier molecular flexibility index (Phi) is 6.24. The number of rotatable bonds is 4. The molecule has 2 aliphatic heterocycles. The first kappa shape index (κ1) is 23.6. The third-order valence-corrected chi connectivity index (χ3v) is 6.05. The molecule has 2 aromatic rings. The lowest BCUT2D eigenvalue weighted by Crippen LogP contribution is -2.46. The normalized spacial score (nSPS) is 22.6. The van der Waals surface area contributed by atoms with Crippen molar-refractivity contribution in [1.82, 2.24) is 9.97 Å². The van der Waals surface area contributed by atoms with E-state index >= 15 is 0 Å². The minimum atomic E-state index is -4.83. The number of aromatic amines is 1. The summed E-state index contributed by atoms with van der Waals surface area (Å²) in [7, 11) is 0. The predicted molar refractivity (Wildman–Crippen MR) is 118 cm³/mol. The first-order valence-corrected chi connectivity index (χ1v) is 10.9. The number of amides is 2. The quantitative estimate of drug-likeness (QED) is 0.618. The van der Waals surface area contributed by atoms with Gasteiger partial charge in [-0.2, -0.15) is 4.98 Å². The van der Waals surface area contributed by atoms with Crippen LogP contribution in [-0.4, -0.2) is 40.2 Å². The molecule has 4 rings (SSSR count). The maximum absolute atomic E-state index is 13.0. The first-order valence-electron chi connectivity index (χ1n) is 10.9. The Morgan fingerprint density at radius 1 is 1.15 bits per heavy atom. The fourth-order valence-corrected chi connectivity index (χ4v) is 4.51. The fourth-order valence-electron chi connectivity index (χ4n) is 4.51. The highest BCUT2D eigenvalue weighted by atomic mass is 19.4. The van der Waals surface area contributed by atoms with Crippen molar-refractivity contribution in [2.24, 2.45) is 0 Å². The summed E-state index contributed by atoms with van der Waals surface area (Å²) in [5.41, 5.74) is -0.307. The maximum atomic E-state index is 13.0. The van der Waals surface area contributed by atoms with Crippen molar-refractivity contribution in [3.8, 4) is 5.75 Å². The number of carbonyl (C=O) groups is 2. The van der Waals surface area contributed by atoms with Crippen LogP contribution in [0.1, 0.15) is 51.0 Å². The molecule has 2 aliphatic rings. The molecule has 9 nitrogen and oxygen atoms in total. The van der Waals surface area contributed by atoms with Gasteiger partial charge >= 0.3 is 6.36 Å². The second-order valence-corrected chi connectivity index (χ2v) is 8.55. The number of nitrogens with one attached hydrogen (secondary N) is 3. The summed E-state index contributed by atoms with van der Waals surface area (Å²) < 4.78 is 40.8. The zero-order chi connectivity index (χ0) is 24.6. The minimum Gasteiger partial charge on any atom is -0.406 e. The van der Waals surface area contributed by atoms with Crippen LogP contribution in [0.4, 0.5) is 30.6 Å². The number of aromatic nitrogens is 2. The van der Waals surface area contributed by atoms with Crippen LogP contribution < -0.4 is 25.8 Å². The number of halogens is 3. The largest absolute Gasteiger partial charge is 0.573 e. The molecule has 1 fully saturated rings. The third-order valence-electron chi connectivity index (χ3n) is 6.05. The Balaban J connectivity index is 1.58. The van der Waals surface area contributed by atoms with Crippen molar-refractivity contribution in [2.45, 2.75) is 63.9 Å². The second kappa shape index (κ2) is 8.99. The molecule has 0 saturated carbocycles. The number of carbonyl (C=O) groups excluding carboxylic acids is 2. The van der Waals surface area contributed by atoms with E-state index in [-0.39, 0.29) is 35.6 Å². The molecule has 3 atom stereocenters. The van der Waals surface area contributed by atoms with E-state index in [0.29, 0.717) is 5.95 Å². The fraction of sp³-hybridized carbons (Fsp3) is 0.455. The van der Waals surface area contributed by atoms with Crippen LogP contribution >= 0.6 is 0 Å². The number of fused-ring (bicyclic) bond motifs is 1. The van der Waals surface area contributed by atoms with E-state index in [1.807, 2.05) is 18.7 Å². The van der Waals surface area contributed by atoms with Crippen molar-refractivity contribution in [2.75, 3.05) is 15.5 Å². The van der Waals surface area contributed by atoms with Gasteiger partial charge in [-0.05, 0) is 57.4 Å². The molecule has 0 radical (unpaired) electrons. The van der Waals surface area contributed by atoms with Crippen molar-refractivity contribution < 1.29 is 27.5 Å². The molecular weight excluding hydrogens is 455 g/mol. The van der Waals surface area contributed by atoms with E-state index in [1.54, 1.807) is 0 Å². The van der Waals surface area contributed by atoms with E-state index in [2.05, 4.69) is 25.3 Å². The molecule has 0 unspecified atom stereocenters. The van der Waals surface area contributed by atoms with Gasteiger partial charge in [0.1, 0.15) is 11.6 Å². The van der Waals surface area contributed by atoms with Crippen molar-refractivity contribution in [3.63, 3.8) is 0 Å². The van der Waals surface area contributed by atoms with Gasteiger partial charge in [-0.1, -0.05) is 0 Å². The van der Waals surface area contributed by atoms with E-state index in [4.69, 9.17) is 0 Å². The van der Waals surface area contributed by atoms with Crippen molar-refractivity contribution >= 4 is 29.3 Å². The highest BCUT2D eigenvalue weighted by Gasteiger charge is 2.36. The Morgan fingerprint density at radius 2 is 1.79 bits per heavy atom. The lowest BCUT2D eigenvalue weighted by atomic mass is 9.92. The van der Waals surface area contributed by atoms with Gasteiger partial charge in [0.25, 0.3) is 5.56 Å². The van der Waals surface area contributed by atoms with Crippen LogP contribution in [0.15, 0.2) is 29.1 Å². The highest BCUT2D eigenvalue weighted by molar-refractivity contribution is 6.04. The van der Waals surface area contributed by atoms with Gasteiger partial charge in [0.15, 0.2) is 0 Å². The Bertz CT molecular complexity index is 1140. The van der Waals surface area contributed by atoms with Gasteiger partial charge in [-0.25, -0.2) is 0 Å². The summed E-state index contributed by atoms with van der Waals surface area (Å²) in [5.74, 6) is -2.30. The number of piperidine rings is 1. The van der Waals surface area contributed by atoms with Crippen LogP contribution in [-0.2, 0) is 9.59 Å². The Labute approximate surface area is 192 Å². The number of alkyl halides is 3. The molecule has 1 aromatic carbocycles. The smallest absolute Gasteiger partial charge is 0.406 e. The number of benzene rings is 1. The second-order valence-electron chi connectivity index (χ2n) is 8.55. The van der Waals surface area contributed by atoms with Gasteiger partial charge in [-0.3, -0.25) is 19.4 Å². The summed E-state index contributed by atoms with van der Waals surface area (Å²) in [5, 5.41) is 5.12. The van der Waals surface area contributed by atoms with Crippen LogP contribution in [0.2, 0.25) is 0 Å². The van der Waals surface area contributed by atoms with E-state index in [0.717, 1.165) is 31.4 Å². The molecule has 0 spiro atoms. The highest BCUT2D eigenvalue weighted by Crippen LogP contribution is 2.33. The SMILES string of the molecule is C[C@@H]1CCC[C@@H](C)N1c1nc2c(c(=O)[nH]1)[C@@H](C(=O)Nc1ccc(OC(F)(F)F)cc1)CC(=O)N2. The van der Waals surface area contributed by atoms with Gasteiger partial charge in [-0.15, -0.1) is 13.2 Å². The molecular formula is C22H24F3N5O4. The number of hydrogen-bond donors (Lipinski definition) is 3. The monoisotopic (exact) mass is 479 g/mol. The van der Waals surface area contributed by atoms with Crippen LogP contribution in [0, 0.1) is 0 Å². The Hall–Kier alpha value is -3.57. The van der Waals surface area contributed by atoms with E-state index in [1.165, 1.54) is 12.1 Å². The topological polar surface area (TPSA) is 116 Å². The molecule has 3 heterocycles. The molecule has 182 valence electrons. The number of hydrogen-bond acceptors (Lipinski definition) is 6. The lowest BCUT2D eigenvalue weighted by Gasteiger charge is -2.39. The molecule has 12 heteroatoms. The first-order chi connectivity index (χ1) is 16.0. The summed E-state index contributed by atoms with van der Waals surface area (Å²) in [6, 6.07) is 4.85. The molecule has 34 heavy (non-hydrogen) atoms. The number of ether oxygens (including phenoxy) is 1. The van der Waals surface area contributed by atoms with Gasteiger partial charge in [0.05, 0.1) is 11.5 Å². The summed E-state index contributed by atoms with van der Waals surface area (Å²) >= 11 is 0. The minimum absolute atomic E-state index is 0.0362. The molecule has 3 N–H and O–H groups in total. The summed E-state index contributed by atoms with van der Waals surface area (Å²) in [4.78, 5) is 47.5. The maximum Gasteiger partial charge on any atom is 0.573 e. The van der Waals surface area contributed by atoms with Crippen LogP contribution in [0.3, 0.4) is 0 Å². The molecule has 1 saturated heterocycles. The molecule has 0 bridgehead atoms. The number of H-pyrrole nitrogens is 1. The average Bonchev–Trinajstić information content (AvgIpc) is 2.73. The third kappa shape index (κ3) is 5.00. The van der Waals surface area contributed by atoms with Crippen molar-refractivity contribution in [1.29, 1.82) is 0 Å². The van der Waals surface area contributed by atoms with E-state index in [9.17, 15) is 27.6 Å². The van der Waals surface area contributed by atoms with Gasteiger partial charge < -0.3 is 20.3 Å². The summed E-state index contributed by atoms with van der Waals surface area (Å²) in [6.07, 6.45) is -2.16. The predicted octanol–water partition coefficient (Wildman–Crippen LogP) is 3.50. The Morgan fingerprint density at radius 3 is 2.41 bits per heavy atom. The summed E-state index contributed by atoms with van der Waals surface area (Å²) in [6.45, 7) is 4.07. The standard InChI is InChI=1S/C22H24F3N5O4/c1-11-4-3-5-12(2)30(11)21-28-18-17(20(33)29-21)15(10-16(31)27-18)19(32)26-13-6-8-14(9-7-13)34-22(23,24)25/h6-9,11-12,15H,3-5,10H2,1-2H3,(H,26,32)(H2,27,28,29,31,33)/t11-,12-,15+/m1/s1. The number of anilines is 3. The average molecular weight is 479 g/mol. The molecule has 1 aromatic heterocycles. The van der Waals surface area contributed by atoms with Crippen molar-refractivity contribution in [3.05, 3.63) is 40.2 Å². The van der Waals surface area contributed by atoms with Crippen LogP contribution in [0.5, 0.6) is 5.75 Å². The van der Waals surface area contributed by atoms with Gasteiger partial charge in [0, 0.05) is 24.2 Å².